The number of benzene rings is 1. The second-order valence-electron chi connectivity index (χ2n) is 7.68. The average molecular weight is 357 g/mol. The zero-order valence-electron chi connectivity index (χ0n) is 15.7. The van der Waals surface area contributed by atoms with Gasteiger partial charge in [-0.05, 0) is 44.1 Å². The SMILES string of the molecule is CC1CCC2(CC1)NC(=O)N(CC(=O)N(C)[C@H](C)c1ccccc1)C2=O. The molecule has 0 bridgehead atoms. The van der Waals surface area contributed by atoms with E-state index in [2.05, 4.69) is 12.2 Å². The zero-order chi connectivity index (χ0) is 18.9. The lowest BCUT2D eigenvalue weighted by Gasteiger charge is -2.33. The van der Waals surface area contributed by atoms with Gasteiger partial charge in [-0.25, -0.2) is 4.79 Å². The van der Waals surface area contributed by atoms with E-state index in [-0.39, 0.29) is 24.4 Å². The first-order valence-electron chi connectivity index (χ1n) is 9.29. The summed E-state index contributed by atoms with van der Waals surface area (Å²) in [6, 6.07) is 9.12. The molecule has 2 fully saturated rings. The van der Waals surface area contributed by atoms with Gasteiger partial charge >= 0.3 is 6.03 Å². The Kier molecular flexibility index (Phi) is 5.03. The Bertz CT molecular complexity index is 696. The van der Waals surface area contributed by atoms with Crippen LogP contribution in [0.15, 0.2) is 30.3 Å². The van der Waals surface area contributed by atoms with Crippen molar-refractivity contribution < 1.29 is 14.4 Å². The maximum Gasteiger partial charge on any atom is 0.325 e. The molecule has 1 heterocycles. The standard InChI is InChI=1S/C20H27N3O3/c1-14-9-11-20(12-10-14)18(25)23(19(26)21-20)13-17(24)22(3)15(2)16-7-5-4-6-8-16/h4-8,14-15H,9-13H2,1-3H3,(H,21,26)/t14?,15-,20?/m1/s1. The van der Waals surface area contributed by atoms with Gasteiger partial charge in [0.25, 0.3) is 5.91 Å². The Hall–Kier alpha value is -2.37. The molecule has 140 valence electrons. The van der Waals surface area contributed by atoms with Crippen LogP contribution in [-0.4, -0.2) is 46.8 Å². The van der Waals surface area contributed by atoms with Gasteiger partial charge in [-0.3, -0.25) is 14.5 Å². The molecule has 0 aromatic heterocycles. The van der Waals surface area contributed by atoms with Gasteiger partial charge in [-0.2, -0.15) is 0 Å². The maximum atomic E-state index is 12.9. The van der Waals surface area contributed by atoms with Crippen LogP contribution in [0.5, 0.6) is 0 Å². The third kappa shape index (κ3) is 3.32. The number of urea groups is 1. The van der Waals surface area contributed by atoms with Crippen LogP contribution in [0.25, 0.3) is 0 Å². The molecule has 26 heavy (non-hydrogen) atoms. The number of likely N-dealkylation sites (N-methyl/N-ethyl adjacent to an activating group) is 1. The first-order chi connectivity index (χ1) is 12.3. The molecule has 1 spiro atoms. The highest BCUT2D eigenvalue weighted by Crippen LogP contribution is 2.36. The molecule has 1 aliphatic carbocycles. The molecule has 1 saturated heterocycles. The summed E-state index contributed by atoms with van der Waals surface area (Å²) in [5.74, 6) is 0.0773. The topological polar surface area (TPSA) is 69.7 Å². The first kappa shape index (κ1) is 18.4. The Morgan fingerprint density at radius 1 is 1.27 bits per heavy atom. The molecule has 2 aliphatic rings. The molecular weight excluding hydrogens is 330 g/mol. The van der Waals surface area contributed by atoms with Crippen LogP contribution in [0.2, 0.25) is 0 Å². The van der Waals surface area contributed by atoms with Gasteiger partial charge in [0.2, 0.25) is 5.91 Å². The van der Waals surface area contributed by atoms with Crippen molar-refractivity contribution >= 4 is 17.8 Å². The van der Waals surface area contributed by atoms with E-state index in [0.29, 0.717) is 18.8 Å². The van der Waals surface area contributed by atoms with Crippen molar-refractivity contribution in [3.8, 4) is 0 Å². The van der Waals surface area contributed by atoms with Gasteiger partial charge in [-0.15, -0.1) is 0 Å². The number of nitrogens with zero attached hydrogens (tertiary/aromatic N) is 2. The molecule has 1 aliphatic heterocycles. The summed E-state index contributed by atoms with van der Waals surface area (Å²) >= 11 is 0. The first-order valence-corrected chi connectivity index (χ1v) is 9.29. The monoisotopic (exact) mass is 357 g/mol. The fourth-order valence-corrected chi connectivity index (χ4v) is 3.83. The minimum Gasteiger partial charge on any atom is -0.337 e. The summed E-state index contributed by atoms with van der Waals surface area (Å²) in [5, 5.41) is 2.86. The normalized spacial score (nSPS) is 26.7. The fourth-order valence-electron chi connectivity index (χ4n) is 3.83. The number of hydrogen-bond acceptors (Lipinski definition) is 3. The molecule has 0 radical (unpaired) electrons. The van der Waals surface area contributed by atoms with Crippen LogP contribution in [0, 0.1) is 5.92 Å². The van der Waals surface area contributed by atoms with E-state index in [4.69, 9.17) is 0 Å². The zero-order valence-corrected chi connectivity index (χ0v) is 15.7. The van der Waals surface area contributed by atoms with Crippen LogP contribution >= 0.6 is 0 Å². The van der Waals surface area contributed by atoms with E-state index in [1.807, 2.05) is 37.3 Å². The molecular formula is C20H27N3O3. The molecule has 6 nitrogen and oxygen atoms in total. The molecule has 1 saturated carbocycles. The minimum absolute atomic E-state index is 0.131. The van der Waals surface area contributed by atoms with Crippen LogP contribution in [0.3, 0.4) is 0 Å². The van der Waals surface area contributed by atoms with Crippen LogP contribution in [0.1, 0.15) is 51.1 Å². The van der Waals surface area contributed by atoms with Crippen molar-refractivity contribution in [3.63, 3.8) is 0 Å². The van der Waals surface area contributed by atoms with E-state index in [9.17, 15) is 14.4 Å². The Labute approximate surface area is 154 Å². The molecule has 1 atom stereocenters. The minimum atomic E-state index is -0.798. The summed E-state index contributed by atoms with van der Waals surface area (Å²) < 4.78 is 0. The highest BCUT2D eigenvalue weighted by molar-refractivity contribution is 6.09. The number of carbonyl (C=O) groups is 3. The van der Waals surface area contributed by atoms with Gasteiger partial charge in [0.1, 0.15) is 12.1 Å². The van der Waals surface area contributed by atoms with Crippen LogP contribution < -0.4 is 5.32 Å². The number of amides is 4. The summed E-state index contributed by atoms with van der Waals surface area (Å²) in [5.41, 5.74) is 0.214. The maximum absolute atomic E-state index is 12.9. The smallest absolute Gasteiger partial charge is 0.325 e. The molecule has 0 unspecified atom stereocenters. The van der Waals surface area contributed by atoms with E-state index in [1.165, 1.54) is 0 Å². The Morgan fingerprint density at radius 3 is 2.50 bits per heavy atom. The second kappa shape index (κ2) is 7.09. The van der Waals surface area contributed by atoms with E-state index in [1.54, 1.807) is 11.9 Å². The van der Waals surface area contributed by atoms with E-state index >= 15 is 0 Å². The third-order valence-corrected chi connectivity index (χ3v) is 5.92. The lowest BCUT2D eigenvalue weighted by atomic mass is 9.77. The number of rotatable bonds is 4. The molecule has 3 rings (SSSR count). The molecule has 6 heteroatoms. The number of hydrogen-bond donors (Lipinski definition) is 1. The number of nitrogens with one attached hydrogen (secondary N) is 1. The Morgan fingerprint density at radius 2 is 1.88 bits per heavy atom. The summed E-state index contributed by atoms with van der Waals surface area (Å²) in [6.45, 7) is 3.88. The van der Waals surface area contributed by atoms with Crippen LogP contribution in [-0.2, 0) is 9.59 Å². The van der Waals surface area contributed by atoms with Gasteiger partial charge in [-0.1, -0.05) is 37.3 Å². The fraction of sp³-hybridized carbons (Fsp3) is 0.550. The van der Waals surface area contributed by atoms with Gasteiger partial charge < -0.3 is 10.2 Å². The van der Waals surface area contributed by atoms with Gasteiger partial charge in [0.15, 0.2) is 0 Å². The molecule has 1 N–H and O–H groups in total. The largest absolute Gasteiger partial charge is 0.337 e. The Balaban J connectivity index is 1.67. The van der Waals surface area contributed by atoms with Crippen molar-refractivity contribution in [2.75, 3.05) is 13.6 Å². The quantitative estimate of drug-likeness (QED) is 0.843. The number of carbonyl (C=O) groups excluding carboxylic acids is 3. The lowest BCUT2D eigenvalue weighted by molar-refractivity contribution is -0.140. The van der Waals surface area contributed by atoms with Crippen molar-refractivity contribution in [2.24, 2.45) is 5.92 Å². The third-order valence-electron chi connectivity index (χ3n) is 5.92. The highest BCUT2D eigenvalue weighted by atomic mass is 16.2. The van der Waals surface area contributed by atoms with E-state index in [0.717, 1.165) is 23.3 Å². The van der Waals surface area contributed by atoms with E-state index < -0.39 is 11.6 Å². The second-order valence-corrected chi connectivity index (χ2v) is 7.68. The summed E-state index contributed by atoms with van der Waals surface area (Å²) in [7, 11) is 1.70. The van der Waals surface area contributed by atoms with Crippen molar-refractivity contribution in [1.82, 2.24) is 15.1 Å². The average Bonchev–Trinajstić information content (AvgIpc) is 2.88. The lowest BCUT2D eigenvalue weighted by Crippen LogP contribution is -2.50. The van der Waals surface area contributed by atoms with Gasteiger partial charge in [0, 0.05) is 7.05 Å². The van der Waals surface area contributed by atoms with Crippen molar-refractivity contribution in [3.05, 3.63) is 35.9 Å². The van der Waals surface area contributed by atoms with Crippen molar-refractivity contribution in [1.29, 1.82) is 0 Å². The number of imide groups is 1. The summed E-state index contributed by atoms with van der Waals surface area (Å²) in [4.78, 5) is 40.6. The van der Waals surface area contributed by atoms with Gasteiger partial charge in [0.05, 0.1) is 6.04 Å². The molecule has 1 aromatic carbocycles. The van der Waals surface area contributed by atoms with Crippen LogP contribution in [0.4, 0.5) is 4.79 Å². The predicted molar refractivity (Wildman–Crippen MR) is 98.2 cm³/mol. The molecule has 1 aromatic rings. The van der Waals surface area contributed by atoms with Crippen molar-refractivity contribution in [2.45, 2.75) is 51.1 Å². The molecule has 4 amide bonds. The predicted octanol–water partition coefficient (Wildman–Crippen LogP) is 2.71. The summed E-state index contributed by atoms with van der Waals surface area (Å²) in [6.07, 6.45) is 3.14. The highest BCUT2D eigenvalue weighted by Gasteiger charge is 2.52.